The predicted octanol–water partition coefficient (Wildman–Crippen LogP) is 2.00. The van der Waals surface area contributed by atoms with Crippen molar-refractivity contribution in [3.05, 3.63) is 0 Å². The van der Waals surface area contributed by atoms with Crippen LogP contribution < -0.4 is 5.32 Å². The molecule has 2 N–H and O–H groups in total. The molecule has 1 fully saturated rings. The number of nitrogens with one attached hydrogen (secondary N) is 1. The molecule has 0 spiro atoms. The van der Waals surface area contributed by atoms with Crippen molar-refractivity contribution in [2.24, 2.45) is 0 Å². The fourth-order valence-electron chi connectivity index (χ4n) is 2.15. The van der Waals surface area contributed by atoms with Gasteiger partial charge in [-0.3, -0.25) is 4.90 Å². The summed E-state index contributed by atoms with van der Waals surface area (Å²) in [6.45, 7) is 9.14. The van der Waals surface area contributed by atoms with Gasteiger partial charge in [0, 0.05) is 24.7 Å². The first kappa shape index (κ1) is 14.9. The summed E-state index contributed by atoms with van der Waals surface area (Å²) in [5.41, 5.74) is 0. The zero-order chi connectivity index (χ0) is 12.7. The monoisotopic (exact) mass is 242 g/mol. The highest BCUT2D eigenvalue weighted by molar-refractivity contribution is 4.86. The molecule has 1 unspecified atom stereocenters. The first-order valence-electron chi connectivity index (χ1n) is 7.28. The van der Waals surface area contributed by atoms with E-state index in [1.807, 2.05) is 0 Å². The summed E-state index contributed by atoms with van der Waals surface area (Å²) in [6, 6.07) is 1.50. The van der Waals surface area contributed by atoms with Crippen LogP contribution in [0.3, 0.4) is 0 Å². The summed E-state index contributed by atoms with van der Waals surface area (Å²) in [5, 5.41) is 12.9. The molecule has 0 heterocycles. The lowest BCUT2D eigenvalue weighted by Gasteiger charge is -2.30. The number of aliphatic hydroxyl groups excluding tert-OH is 1. The number of aliphatic hydroxyl groups is 1. The maximum atomic E-state index is 9.42. The lowest BCUT2D eigenvalue weighted by atomic mass is 10.2. The Bertz CT molecular complexity index is 193. The van der Waals surface area contributed by atoms with E-state index in [0.717, 1.165) is 13.1 Å². The van der Waals surface area contributed by atoms with E-state index in [1.54, 1.807) is 0 Å². The molecular weight excluding hydrogens is 212 g/mol. The van der Waals surface area contributed by atoms with Crippen LogP contribution in [0.15, 0.2) is 0 Å². The second kappa shape index (κ2) is 8.06. The van der Waals surface area contributed by atoms with Gasteiger partial charge in [-0.15, -0.1) is 0 Å². The SMILES string of the molecule is CCCCCN(CC(CO)NC1CC1)C(C)C. The third kappa shape index (κ3) is 6.39. The zero-order valence-electron chi connectivity index (χ0n) is 11.8. The van der Waals surface area contributed by atoms with E-state index >= 15 is 0 Å². The first-order chi connectivity index (χ1) is 8.17. The third-order valence-corrected chi connectivity index (χ3v) is 3.50. The van der Waals surface area contributed by atoms with Crippen molar-refractivity contribution in [2.45, 2.75) is 71.0 Å². The molecule has 1 aliphatic carbocycles. The van der Waals surface area contributed by atoms with Crippen molar-refractivity contribution < 1.29 is 5.11 Å². The van der Waals surface area contributed by atoms with Gasteiger partial charge in [-0.1, -0.05) is 19.8 Å². The van der Waals surface area contributed by atoms with Crippen LogP contribution in [-0.2, 0) is 0 Å². The average molecular weight is 242 g/mol. The molecule has 0 aliphatic heterocycles. The van der Waals surface area contributed by atoms with E-state index in [-0.39, 0.29) is 12.6 Å². The van der Waals surface area contributed by atoms with Gasteiger partial charge in [-0.25, -0.2) is 0 Å². The Morgan fingerprint density at radius 1 is 1.29 bits per heavy atom. The van der Waals surface area contributed by atoms with Crippen LogP contribution in [0.25, 0.3) is 0 Å². The third-order valence-electron chi connectivity index (χ3n) is 3.50. The molecule has 1 aliphatic rings. The van der Waals surface area contributed by atoms with Crippen LogP contribution in [0.5, 0.6) is 0 Å². The molecule has 1 atom stereocenters. The Morgan fingerprint density at radius 3 is 2.47 bits per heavy atom. The molecule has 3 heteroatoms. The van der Waals surface area contributed by atoms with Crippen LogP contribution in [0, 0.1) is 0 Å². The second-order valence-corrected chi connectivity index (χ2v) is 5.62. The van der Waals surface area contributed by atoms with Gasteiger partial charge >= 0.3 is 0 Å². The molecule has 0 saturated heterocycles. The average Bonchev–Trinajstić information content (AvgIpc) is 3.10. The van der Waals surface area contributed by atoms with Crippen molar-refractivity contribution >= 4 is 0 Å². The van der Waals surface area contributed by atoms with Crippen LogP contribution in [0.1, 0.15) is 52.9 Å². The van der Waals surface area contributed by atoms with Gasteiger partial charge in [-0.05, 0) is 39.7 Å². The Kier molecular flexibility index (Phi) is 7.09. The molecule has 0 radical (unpaired) electrons. The molecule has 0 aromatic carbocycles. The van der Waals surface area contributed by atoms with Crippen LogP contribution in [0.4, 0.5) is 0 Å². The number of hydrogen-bond acceptors (Lipinski definition) is 3. The van der Waals surface area contributed by atoms with E-state index in [0.29, 0.717) is 12.1 Å². The highest BCUT2D eigenvalue weighted by Gasteiger charge is 2.25. The maximum absolute atomic E-state index is 9.42. The van der Waals surface area contributed by atoms with Gasteiger partial charge in [0.1, 0.15) is 0 Å². The Labute approximate surface area is 107 Å². The maximum Gasteiger partial charge on any atom is 0.0597 e. The van der Waals surface area contributed by atoms with Crippen molar-refractivity contribution in [2.75, 3.05) is 19.7 Å². The molecule has 0 aromatic rings. The minimum atomic E-state index is 0.256. The molecule has 0 amide bonds. The Balaban J connectivity index is 2.28. The fraction of sp³-hybridized carbons (Fsp3) is 1.00. The molecule has 17 heavy (non-hydrogen) atoms. The van der Waals surface area contributed by atoms with Gasteiger partial charge in [0.05, 0.1) is 6.61 Å². The largest absolute Gasteiger partial charge is 0.395 e. The quantitative estimate of drug-likeness (QED) is 0.575. The number of rotatable bonds is 10. The molecule has 0 aromatic heterocycles. The van der Waals surface area contributed by atoms with E-state index in [2.05, 4.69) is 31.0 Å². The minimum absolute atomic E-state index is 0.256. The van der Waals surface area contributed by atoms with Gasteiger partial charge in [-0.2, -0.15) is 0 Å². The van der Waals surface area contributed by atoms with Gasteiger partial charge in [0.15, 0.2) is 0 Å². The Morgan fingerprint density at radius 2 is 2.00 bits per heavy atom. The summed E-state index contributed by atoms with van der Waals surface area (Å²) in [7, 11) is 0. The summed E-state index contributed by atoms with van der Waals surface area (Å²) in [5.74, 6) is 0. The fourth-order valence-corrected chi connectivity index (χ4v) is 2.15. The normalized spacial score (nSPS) is 18.0. The number of hydrogen-bond donors (Lipinski definition) is 2. The highest BCUT2D eigenvalue weighted by atomic mass is 16.3. The lowest BCUT2D eigenvalue weighted by molar-refractivity contribution is 0.154. The predicted molar refractivity (Wildman–Crippen MR) is 73.3 cm³/mol. The van der Waals surface area contributed by atoms with Crippen LogP contribution in [-0.4, -0.2) is 47.8 Å². The van der Waals surface area contributed by atoms with E-state index in [4.69, 9.17) is 0 Å². The van der Waals surface area contributed by atoms with Crippen molar-refractivity contribution in [3.63, 3.8) is 0 Å². The van der Waals surface area contributed by atoms with E-state index < -0.39 is 0 Å². The first-order valence-corrected chi connectivity index (χ1v) is 7.28. The van der Waals surface area contributed by atoms with Gasteiger partial charge in [0.25, 0.3) is 0 Å². The second-order valence-electron chi connectivity index (χ2n) is 5.62. The zero-order valence-corrected chi connectivity index (χ0v) is 11.8. The topological polar surface area (TPSA) is 35.5 Å². The molecule has 3 nitrogen and oxygen atoms in total. The summed E-state index contributed by atoms with van der Waals surface area (Å²) >= 11 is 0. The molecule has 1 saturated carbocycles. The standard InChI is InChI=1S/C14H30N2O/c1-4-5-6-9-16(12(2)3)10-14(11-17)15-13-7-8-13/h12-15,17H,4-11H2,1-3H3. The summed E-state index contributed by atoms with van der Waals surface area (Å²) in [4.78, 5) is 2.49. The lowest BCUT2D eigenvalue weighted by Crippen LogP contribution is -2.46. The molecular formula is C14H30N2O. The van der Waals surface area contributed by atoms with Crippen LogP contribution in [0.2, 0.25) is 0 Å². The van der Waals surface area contributed by atoms with Gasteiger partial charge in [0.2, 0.25) is 0 Å². The molecule has 102 valence electrons. The van der Waals surface area contributed by atoms with Crippen LogP contribution >= 0.6 is 0 Å². The van der Waals surface area contributed by atoms with E-state index in [9.17, 15) is 5.11 Å². The summed E-state index contributed by atoms with van der Waals surface area (Å²) in [6.07, 6.45) is 6.43. The Hall–Kier alpha value is -0.120. The van der Waals surface area contributed by atoms with E-state index in [1.165, 1.54) is 32.1 Å². The smallest absolute Gasteiger partial charge is 0.0597 e. The molecule has 0 bridgehead atoms. The van der Waals surface area contributed by atoms with Crippen molar-refractivity contribution in [1.82, 2.24) is 10.2 Å². The molecule has 1 rings (SSSR count). The number of unbranched alkanes of at least 4 members (excludes halogenated alkanes) is 2. The minimum Gasteiger partial charge on any atom is -0.395 e. The van der Waals surface area contributed by atoms with Crippen molar-refractivity contribution in [1.29, 1.82) is 0 Å². The number of nitrogens with zero attached hydrogens (tertiary/aromatic N) is 1. The van der Waals surface area contributed by atoms with Gasteiger partial charge < -0.3 is 10.4 Å². The highest BCUT2D eigenvalue weighted by Crippen LogP contribution is 2.19. The van der Waals surface area contributed by atoms with Crippen molar-refractivity contribution in [3.8, 4) is 0 Å². The summed E-state index contributed by atoms with van der Waals surface area (Å²) < 4.78 is 0.